The lowest BCUT2D eigenvalue weighted by Gasteiger charge is -2.25. The lowest BCUT2D eigenvalue weighted by molar-refractivity contribution is 0.273. The monoisotopic (exact) mass is 224 g/mol. The van der Waals surface area contributed by atoms with Crippen LogP contribution in [0, 0.1) is 0 Å². The summed E-state index contributed by atoms with van der Waals surface area (Å²) in [6, 6.07) is 2.11. The first-order valence-electron chi connectivity index (χ1n) is 5.46. The Labute approximate surface area is 94.1 Å². The molecule has 0 spiro atoms. The third-order valence-electron chi connectivity index (χ3n) is 3.02. The van der Waals surface area contributed by atoms with Gasteiger partial charge >= 0.3 is 0 Å². The summed E-state index contributed by atoms with van der Waals surface area (Å²) in [5.41, 5.74) is 2.33. The van der Waals surface area contributed by atoms with E-state index in [4.69, 9.17) is 21.1 Å². The number of hydrogen-bond donors (Lipinski definition) is 0. The minimum atomic E-state index is 0.780. The van der Waals surface area contributed by atoms with E-state index in [0.717, 1.165) is 61.0 Å². The highest BCUT2D eigenvalue weighted by Crippen LogP contribution is 2.42. The first kappa shape index (κ1) is 9.34. The van der Waals surface area contributed by atoms with Crippen molar-refractivity contribution in [3.63, 3.8) is 0 Å². The Hall–Kier alpha value is -0.890. The smallest absolute Gasteiger partial charge is 0.141 e. The van der Waals surface area contributed by atoms with Gasteiger partial charge in [-0.3, -0.25) is 0 Å². The van der Waals surface area contributed by atoms with Crippen LogP contribution in [0.3, 0.4) is 0 Å². The van der Waals surface area contributed by atoms with Crippen molar-refractivity contribution < 1.29 is 9.47 Å². The fraction of sp³-hybridized carbons (Fsp3) is 0.500. The second-order valence-electron chi connectivity index (χ2n) is 4.06. The van der Waals surface area contributed by atoms with Gasteiger partial charge in [-0.25, -0.2) is 0 Å². The van der Waals surface area contributed by atoms with Crippen molar-refractivity contribution in [1.29, 1.82) is 0 Å². The summed E-state index contributed by atoms with van der Waals surface area (Å²) < 4.78 is 11.3. The van der Waals surface area contributed by atoms with Crippen LogP contribution in [0.1, 0.15) is 24.0 Å². The first-order valence-corrected chi connectivity index (χ1v) is 5.84. The van der Waals surface area contributed by atoms with Gasteiger partial charge in [-0.15, -0.1) is 0 Å². The number of fused-ring (bicyclic) bond motifs is 2. The Morgan fingerprint density at radius 2 is 1.87 bits per heavy atom. The third-order valence-corrected chi connectivity index (χ3v) is 3.42. The molecule has 0 aliphatic carbocycles. The zero-order valence-electron chi connectivity index (χ0n) is 8.51. The van der Waals surface area contributed by atoms with E-state index in [0.29, 0.717) is 0 Å². The zero-order valence-corrected chi connectivity index (χ0v) is 9.27. The van der Waals surface area contributed by atoms with Crippen molar-refractivity contribution in [3.8, 4) is 11.5 Å². The van der Waals surface area contributed by atoms with Crippen LogP contribution in [0.25, 0.3) is 0 Å². The molecule has 15 heavy (non-hydrogen) atoms. The average Bonchev–Trinajstić information content (AvgIpc) is 2.30. The Morgan fingerprint density at radius 1 is 1.07 bits per heavy atom. The fourth-order valence-electron chi connectivity index (χ4n) is 2.27. The van der Waals surface area contributed by atoms with E-state index in [-0.39, 0.29) is 0 Å². The van der Waals surface area contributed by atoms with Crippen molar-refractivity contribution in [2.45, 2.75) is 25.7 Å². The predicted octanol–water partition coefficient (Wildman–Crippen LogP) is 2.99. The summed E-state index contributed by atoms with van der Waals surface area (Å²) in [5.74, 6) is 1.86. The van der Waals surface area contributed by atoms with E-state index in [1.54, 1.807) is 0 Å². The molecule has 80 valence electrons. The number of halogens is 1. The molecule has 2 heterocycles. The maximum absolute atomic E-state index is 6.34. The van der Waals surface area contributed by atoms with Gasteiger partial charge in [0.25, 0.3) is 0 Å². The molecule has 2 aliphatic heterocycles. The predicted molar refractivity (Wildman–Crippen MR) is 59.1 cm³/mol. The second kappa shape index (κ2) is 3.60. The molecular formula is C12H13ClO2. The Balaban J connectivity index is 2.16. The van der Waals surface area contributed by atoms with Gasteiger partial charge < -0.3 is 9.47 Å². The van der Waals surface area contributed by atoms with Gasteiger partial charge in [-0.05, 0) is 37.3 Å². The molecule has 0 radical (unpaired) electrons. The largest absolute Gasteiger partial charge is 0.493 e. The third kappa shape index (κ3) is 1.48. The molecule has 0 saturated heterocycles. The van der Waals surface area contributed by atoms with Gasteiger partial charge in [-0.2, -0.15) is 0 Å². The summed E-state index contributed by atoms with van der Waals surface area (Å²) in [6.07, 6.45) is 4.17. The maximum atomic E-state index is 6.34. The van der Waals surface area contributed by atoms with Crippen LogP contribution >= 0.6 is 11.6 Å². The molecule has 1 aromatic carbocycles. The number of benzene rings is 1. The molecule has 0 N–H and O–H groups in total. The topological polar surface area (TPSA) is 18.5 Å². The Morgan fingerprint density at radius 3 is 2.80 bits per heavy atom. The van der Waals surface area contributed by atoms with Crippen molar-refractivity contribution in [2.24, 2.45) is 0 Å². The van der Waals surface area contributed by atoms with Gasteiger partial charge in [0.05, 0.1) is 18.2 Å². The van der Waals surface area contributed by atoms with Crippen molar-refractivity contribution in [1.82, 2.24) is 0 Å². The lowest BCUT2D eigenvalue weighted by Crippen LogP contribution is -2.14. The molecule has 0 saturated carbocycles. The summed E-state index contributed by atoms with van der Waals surface area (Å²) in [4.78, 5) is 0. The van der Waals surface area contributed by atoms with E-state index in [1.165, 1.54) is 5.56 Å². The van der Waals surface area contributed by atoms with Crippen molar-refractivity contribution in [2.75, 3.05) is 13.2 Å². The number of aryl methyl sites for hydroxylation is 1. The summed E-state index contributed by atoms with van der Waals surface area (Å²) in [5, 5.41) is 0.780. The molecule has 0 atom stereocenters. The minimum Gasteiger partial charge on any atom is -0.493 e. The molecule has 0 aromatic heterocycles. The highest BCUT2D eigenvalue weighted by atomic mass is 35.5. The van der Waals surface area contributed by atoms with Crippen LogP contribution in [0.4, 0.5) is 0 Å². The zero-order chi connectivity index (χ0) is 10.3. The summed E-state index contributed by atoms with van der Waals surface area (Å²) in [7, 11) is 0. The van der Waals surface area contributed by atoms with Crippen LogP contribution in [-0.2, 0) is 12.8 Å². The minimum absolute atomic E-state index is 0.780. The van der Waals surface area contributed by atoms with E-state index in [2.05, 4.69) is 6.07 Å². The van der Waals surface area contributed by atoms with Gasteiger partial charge in [0.15, 0.2) is 0 Å². The number of hydrogen-bond acceptors (Lipinski definition) is 2. The molecule has 0 unspecified atom stereocenters. The highest BCUT2D eigenvalue weighted by molar-refractivity contribution is 6.33. The quantitative estimate of drug-likeness (QED) is 0.675. The molecule has 0 amide bonds. The van der Waals surface area contributed by atoms with E-state index in [9.17, 15) is 0 Å². The maximum Gasteiger partial charge on any atom is 0.141 e. The summed E-state index contributed by atoms with van der Waals surface area (Å²) >= 11 is 6.34. The second-order valence-corrected chi connectivity index (χ2v) is 4.44. The van der Waals surface area contributed by atoms with Gasteiger partial charge in [0.2, 0.25) is 0 Å². The molecule has 3 rings (SSSR count). The normalized spacial score (nSPS) is 18.5. The highest BCUT2D eigenvalue weighted by Gasteiger charge is 2.22. The van der Waals surface area contributed by atoms with Gasteiger partial charge in [-0.1, -0.05) is 11.6 Å². The average molecular weight is 225 g/mol. The molecule has 0 bridgehead atoms. The van der Waals surface area contributed by atoms with E-state index >= 15 is 0 Å². The molecule has 3 heteroatoms. The van der Waals surface area contributed by atoms with Crippen LogP contribution < -0.4 is 9.47 Å². The van der Waals surface area contributed by atoms with Crippen molar-refractivity contribution in [3.05, 3.63) is 22.2 Å². The van der Waals surface area contributed by atoms with E-state index < -0.39 is 0 Å². The van der Waals surface area contributed by atoms with E-state index in [1.807, 2.05) is 0 Å². The van der Waals surface area contributed by atoms with Crippen LogP contribution in [-0.4, -0.2) is 13.2 Å². The molecule has 2 nitrogen and oxygen atoms in total. The molecule has 0 fully saturated rings. The summed E-state index contributed by atoms with van der Waals surface area (Å²) in [6.45, 7) is 1.59. The fourth-order valence-corrected chi connectivity index (χ4v) is 2.63. The Bertz CT molecular complexity index is 367. The van der Waals surface area contributed by atoms with Crippen LogP contribution in [0.15, 0.2) is 6.07 Å². The molecule has 1 aromatic rings. The van der Waals surface area contributed by atoms with Crippen molar-refractivity contribution >= 4 is 11.6 Å². The SMILES string of the molecule is Clc1c2c(cc3c1OCCC3)OCCC2. The van der Waals surface area contributed by atoms with Crippen LogP contribution in [0.2, 0.25) is 5.02 Å². The number of ether oxygens (including phenoxy) is 2. The van der Waals surface area contributed by atoms with Gasteiger partial charge in [0, 0.05) is 5.56 Å². The molecular weight excluding hydrogens is 212 g/mol. The number of rotatable bonds is 0. The van der Waals surface area contributed by atoms with Crippen LogP contribution in [0.5, 0.6) is 11.5 Å². The molecule has 2 aliphatic rings. The van der Waals surface area contributed by atoms with Gasteiger partial charge in [0.1, 0.15) is 11.5 Å². The standard InChI is InChI=1S/C12H13ClO2/c13-11-9-4-2-5-14-10(9)7-8-3-1-6-15-12(8)11/h7H,1-6H2. The Kier molecular flexibility index (Phi) is 2.24. The lowest BCUT2D eigenvalue weighted by atomic mass is 9.99. The first-order chi connectivity index (χ1) is 7.36.